The van der Waals surface area contributed by atoms with E-state index in [1.165, 1.54) is 41.4 Å². The normalized spacial score (nSPS) is 17.6. The first kappa shape index (κ1) is 30.7. The molecule has 44 heavy (non-hydrogen) atoms. The van der Waals surface area contributed by atoms with Gasteiger partial charge in [0.1, 0.15) is 5.70 Å². The second-order valence-corrected chi connectivity index (χ2v) is 10.9. The van der Waals surface area contributed by atoms with Crippen molar-refractivity contribution in [2.45, 2.75) is 38.4 Å². The molecular formula is C30H28ClF3N8O2. The maximum Gasteiger partial charge on any atom is 0.432 e. The Balaban J connectivity index is 1.57. The number of rotatable bonds is 4. The molecule has 5 rings (SSSR count). The SMILES string of the molecule is CC1CCC[C@H](n2cnc(-c3cc(Cl)ccc3N(N)/C=C(\N)C(F)(F)F)cc2=O)c2cccc(c2)-c2cnncc2NC1=O. The number of hydrogen-bond donors (Lipinski definition) is 3. The van der Waals surface area contributed by atoms with Gasteiger partial charge in [0.15, 0.2) is 0 Å². The third kappa shape index (κ3) is 6.58. The van der Waals surface area contributed by atoms with E-state index in [1.54, 1.807) is 6.20 Å². The first-order valence-corrected chi connectivity index (χ1v) is 14.0. The van der Waals surface area contributed by atoms with E-state index in [9.17, 15) is 22.8 Å². The van der Waals surface area contributed by atoms with Gasteiger partial charge in [0.25, 0.3) is 5.56 Å². The predicted molar refractivity (Wildman–Crippen MR) is 161 cm³/mol. The molecule has 0 saturated heterocycles. The van der Waals surface area contributed by atoms with Crippen molar-refractivity contribution < 1.29 is 18.0 Å². The lowest BCUT2D eigenvalue weighted by Crippen LogP contribution is -2.30. The molecule has 0 spiro atoms. The number of carbonyl (C=O) groups is 1. The summed E-state index contributed by atoms with van der Waals surface area (Å²) < 4.78 is 40.6. The summed E-state index contributed by atoms with van der Waals surface area (Å²) in [5.41, 5.74) is 6.65. The molecule has 1 unspecified atom stereocenters. The molecule has 10 nitrogen and oxygen atoms in total. The maximum absolute atomic E-state index is 13.7. The third-order valence-corrected chi connectivity index (χ3v) is 7.66. The fourth-order valence-corrected chi connectivity index (χ4v) is 5.23. The van der Waals surface area contributed by atoms with Gasteiger partial charge in [-0.2, -0.15) is 23.4 Å². The molecule has 0 fully saturated rings. The van der Waals surface area contributed by atoms with Crippen molar-refractivity contribution >= 4 is 28.9 Å². The first-order valence-electron chi connectivity index (χ1n) is 13.6. The van der Waals surface area contributed by atoms with Gasteiger partial charge in [0, 0.05) is 34.3 Å². The number of hydrazine groups is 1. The summed E-state index contributed by atoms with van der Waals surface area (Å²) in [5, 5.41) is 11.8. The van der Waals surface area contributed by atoms with Crippen molar-refractivity contribution in [3.8, 4) is 22.4 Å². The van der Waals surface area contributed by atoms with Gasteiger partial charge in [-0.15, -0.1) is 0 Å². The Morgan fingerprint density at radius 2 is 1.86 bits per heavy atom. The van der Waals surface area contributed by atoms with Crippen LogP contribution in [0.25, 0.3) is 22.4 Å². The zero-order valence-electron chi connectivity index (χ0n) is 23.4. The molecule has 0 saturated carbocycles. The smallest absolute Gasteiger partial charge is 0.393 e. The zero-order valence-corrected chi connectivity index (χ0v) is 24.2. The third-order valence-electron chi connectivity index (χ3n) is 7.42. The summed E-state index contributed by atoms with van der Waals surface area (Å²) in [6.07, 6.45) is 1.95. The highest BCUT2D eigenvalue weighted by Crippen LogP contribution is 2.34. The fourth-order valence-electron chi connectivity index (χ4n) is 5.06. The standard InChI is InChI=1S/C30H28ClF3N8O2/c1-17-4-2-7-25(19-6-3-5-18(10-19)22-13-38-39-14-24(22)40-29(17)44)41-16-37-23(12-28(41)43)21-11-20(31)8-9-26(21)42(36)15-27(35)30(32,33)34/h3,5-6,8-17,25H,2,4,7,35-36H2,1H3,(H,40,44)/b27-15-/t17?,25-/m0/s1. The lowest BCUT2D eigenvalue weighted by atomic mass is 9.93. The van der Waals surface area contributed by atoms with Crippen LogP contribution >= 0.6 is 11.6 Å². The highest BCUT2D eigenvalue weighted by Gasteiger charge is 2.32. The number of nitrogens with two attached hydrogens (primary N) is 2. The summed E-state index contributed by atoms with van der Waals surface area (Å²) in [4.78, 5) is 31.0. The number of carbonyl (C=O) groups excluding carboxylic acids is 1. The van der Waals surface area contributed by atoms with Crippen LogP contribution in [-0.4, -0.2) is 31.8 Å². The van der Waals surface area contributed by atoms with Crippen molar-refractivity contribution in [3.63, 3.8) is 0 Å². The Hall–Kier alpha value is -4.75. The van der Waals surface area contributed by atoms with Crippen molar-refractivity contribution in [2.24, 2.45) is 17.5 Å². The molecule has 5 N–H and O–H groups in total. The van der Waals surface area contributed by atoms with Crippen LogP contribution in [0, 0.1) is 5.92 Å². The van der Waals surface area contributed by atoms with E-state index in [1.807, 2.05) is 31.2 Å². The Kier molecular flexibility index (Phi) is 8.70. The molecule has 1 aliphatic rings. The van der Waals surface area contributed by atoms with E-state index in [0.29, 0.717) is 41.7 Å². The van der Waals surface area contributed by atoms with E-state index in [4.69, 9.17) is 23.2 Å². The quantitative estimate of drug-likeness (QED) is 0.202. The summed E-state index contributed by atoms with van der Waals surface area (Å²) >= 11 is 6.20. The summed E-state index contributed by atoms with van der Waals surface area (Å²) in [6.45, 7) is 1.84. The number of halogens is 4. The molecule has 2 atom stereocenters. The second-order valence-electron chi connectivity index (χ2n) is 10.4. The largest absolute Gasteiger partial charge is 0.432 e. The average Bonchev–Trinajstić information content (AvgIpc) is 2.98. The van der Waals surface area contributed by atoms with Gasteiger partial charge in [0.05, 0.1) is 41.8 Å². The number of nitrogens with zero attached hydrogens (tertiary/aromatic N) is 5. The van der Waals surface area contributed by atoms with Gasteiger partial charge in [0.2, 0.25) is 5.91 Å². The lowest BCUT2D eigenvalue weighted by Gasteiger charge is -2.24. The van der Waals surface area contributed by atoms with Crippen LogP contribution in [0.1, 0.15) is 37.8 Å². The molecule has 4 aromatic rings. The summed E-state index contributed by atoms with van der Waals surface area (Å²) in [7, 11) is 0. The average molecular weight is 625 g/mol. The van der Waals surface area contributed by atoms with Crippen LogP contribution in [0.15, 0.2) is 83.9 Å². The Morgan fingerprint density at radius 3 is 2.61 bits per heavy atom. The highest BCUT2D eigenvalue weighted by atomic mass is 35.5. The van der Waals surface area contributed by atoms with Crippen LogP contribution in [0.2, 0.25) is 5.02 Å². The number of fused-ring (bicyclic) bond motifs is 4. The molecule has 0 aliphatic carbocycles. The van der Waals surface area contributed by atoms with Gasteiger partial charge in [-0.1, -0.05) is 43.1 Å². The molecule has 2 aromatic carbocycles. The van der Waals surface area contributed by atoms with Gasteiger partial charge in [-0.3, -0.25) is 19.2 Å². The zero-order chi connectivity index (χ0) is 31.6. The number of allylic oxidation sites excluding steroid dienone is 1. The minimum absolute atomic E-state index is 0.0963. The molecule has 1 aliphatic heterocycles. The van der Waals surface area contributed by atoms with E-state index < -0.39 is 23.5 Å². The molecule has 2 aromatic heterocycles. The van der Waals surface area contributed by atoms with Gasteiger partial charge >= 0.3 is 6.18 Å². The number of alkyl halides is 3. The maximum atomic E-state index is 13.7. The number of benzene rings is 2. The van der Waals surface area contributed by atoms with Crippen LogP contribution in [0.5, 0.6) is 0 Å². The van der Waals surface area contributed by atoms with E-state index >= 15 is 0 Å². The molecule has 14 heteroatoms. The number of amides is 1. The second kappa shape index (κ2) is 12.5. The molecule has 1 amide bonds. The Bertz CT molecular complexity index is 1790. The van der Waals surface area contributed by atoms with Crippen molar-refractivity contribution in [1.82, 2.24) is 19.7 Å². The van der Waals surface area contributed by atoms with Crippen LogP contribution in [-0.2, 0) is 4.79 Å². The van der Waals surface area contributed by atoms with Gasteiger partial charge in [-0.05, 0) is 48.2 Å². The number of aromatic nitrogens is 4. The Labute approximate surface area is 255 Å². The van der Waals surface area contributed by atoms with Gasteiger partial charge in [-0.25, -0.2) is 10.8 Å². The highest BCUT2D eigenvalue weighted by molar-refractivity contribution is 6.31. The minimum atomic E-state index is -4.79. The van der Waals surface area contributed by atoms with Gasteiger partial charge < -0.3 is 11.1 Å². The van der Waals surface area contributed by atoms with Crippen molar-refractivity contribution in [1.29, 1.82) is 0 Å². The lowest BCUT2D eigenvalue weighted by molar-refractivity contribution is -0.119. The van der Waals surface area contributed by atoms with Crippen LogP contribution in [0.3, 0.4) is 0 Å². The predicted octanol–water partition coefficient (Wildman–Crippen LogP) is 5.41. The monoisotopic (exact) mass is 624 g/mol. The Morgan fingerprint density at radius 1 is 1.09 bits per heavy atom. The molecular weight excluding hydrogens is 597 g/mol. The minimum Gasteiger partial charge on any atom is -0.393 e. The van der Waals surface area contributed by atoms with Crippen molar-refractivity contribution in [2.75, 3.05) is 10.3 Å². The summed E-state index contributed by atoms with van der Waals surface area (Å²) in [6, 6.07) is 12.7. The van der Waals surface area contributed by atoms with E-state index in [2.05, 4.69) is 20.5 Å². The van der Waals surface area contributed by atoms with E-state index in [0.717, 1.165) is 11.1 Å². The number of hydrogen-bond acceptors (Lipinski definition) is 8. The van der Waals surface area contributed by atoms with Crippen molar-refractivity contribution in [3.05, 3.63) is 100 Å². The summed E-state index contributed by atoms with van der Waals surface area (Å²) in [5.74, 6) is 5.48. The molecule has 2 bridgehead atoms. The fraction of sp³-hybridized carbons (Fsp3) is 0.233. The first-order chi connectivity index (χ1) is 20.9. The van der Waals surface area contributed by atoms with Crippen LogP contribution < -0.4 is 27.5 Å². The molecule has 228 valence electrons. The topological polar surface area (TPSA) is 145 Å². The molecule has 3 heterocycles. The van der Waals surface area contributed by atoms with E-state index in [-0.39, 0.29) is 33.8 Å². The number of anilines is 2. The number of nitrogens with one attached hydrogen (secondary N) is 1. The molecule has 0 radical (unpaired) electrons. The van der Waals surface area contributed by atoms with Crippen LogP contribution in [0.4, 0.5) is 24.5 Å².